The Balaban J connectivity index is 2.86. The van der Waals surface area contributed by atoms with Gasteiger partial charge in [-0.15, -0.1) is 0 Å². The summed E-state index contributed by atoms with van der Waals surface area (Å²) in [5, 5.41) is 14.7. The Morgan fingerprint density at radius 2 is 2.09 bits per heavy atom. The molecular formula is C16H22FN3O2. The number of carbonyl (C=O) groups is 1. The number of nitrogens with zero attached hydrogens (tertiary/aromatic N) is 1. The van der Waals surface area contributed by atoms with Crippen molar-refractivity contribution in [3.8, 4) is 6.07 Å². The van der Waals surface area contributed by atoms with Crippen molar-refractivity contribution in [3.05, 3.63) is 29.1 Å². The molecule has 6 heteroatoms. The normalized spacial score (nSPS) is 10.9. The van der Waals surface area contributed by atoms with Crippen LogP contribution in [0.5, 0.6) is 0 Å². The van der Waals surface area contributed by atoms with Gasteiger partial charge in [-0.1, -0.05) is 0 Å². The zero-order valence-corrected chi connectivity index (χ0v) is 13.4. The highest BCUT2D eigenvalue weighted by atomic mass is 19.1. The van der Waals surface area contributed by atoms with E-state index in [0.29, 0.717) is 18.5 Å². The molecule has 5 nitrogen and oxygen atoms in total. The predicted octanol–water partition coefficient (Wildman–Crippen LogP) is 3.20. The van der Waals surface area contributed by atoms with E-state index in [1.165, 1.54) is 6.07 Å². The Bertz CT molecular complexity index is 574. The first-order chi connectivity index (χ1) is 10.3. The summed E-state index contributed by atoms with van der Waals surface area (Å²) in [6, 6.07) is 4.80. The van der Waals surface area contributed by atoms with Crippen molar-refractivity contribution in [2.75, 3.05) is 18.5 Å². The highest BCUT2D eigenvalue weighted by molar-refractivity contribution is 5.86. The molecule has 0 atom stereocenters. The maximum Gasteiger partial charge on any atom is 0.411 e. The SMILES string of the molecule is CCOC(=O)Nc1c(F)cc(CCNC(C)(C)C)cc1C#N. The molecule has 22 heavy (non-hydrogen) atoms. The first-order valence-corrected chi connectivity index (χ1v) is 7.18. The average molecular weight is 307 g/mol. The van der Waals surface area contributed by atoms with Crippen molar-refractivity contribution in [2.24, 2.45) is 0 Å². The lowest BCUT2D eigenvalue weighted by Crippen LogP contribution is -2.37. The summed E-state index contributed by atoms with van der Waals surface area (Å²) in [6.07, 6.45) is -0.192. The van der Waals surface area contributed by atoms with Crippen LogP contribution in [0.25, 0.3) is 0 Å². The molecule has 0 heterocycles. The van der Waals surface area contributed by atoms with Crippen LogP contribution in [-0.2, 0) is 11.2 Å². The average Bonchev–Trinajstić information content (AvgIpc) is 2.40. The molecule has 1 amide bonds. The molecule has 0 unspecified atom stereocenters. The summed E-state index contributed by atoms with van der Waals surface area (Å²) in [5.41, 5.74) is 0.606. The van der Waals surface area contributed by atoms with Crippen LogP contribution in [0.2, 0.25) is 0 Å². The van der Waals surface area contributed by atoms with E-state index in [0.717, 1.165) is 0 Å². The van der Waals surface area contributed by atoms with Gasteiger partial charge in [0.05, 0.1) is 17.9 Å². The van der Waals surface area contributed by atoms with Crippen LogP contribution in [0.15, 0.2) is 12.1 Å². The van der Waals surface area contributed by atoms with E-state index in [1.54, 1.807) is 13.0 Å². The highest BCUT2D eigenvalue weighted by Gasteiger charge is 2.15. The van der Waals surface area contributed by atoms with E-state index in [-0.39, 0.29) is 23.4 Å². The van der Waals surface area contributed by atoms with Crippen LogP contribution >= 0.6 is 0 Å². The van der Waals surface area contributed by atoms with Gasteiger partial charge in [0.15, 0.2) is 0 Å². The van der Waals surface area contributed by atoms with E-state index in [1.807, 2.05) is 26.8 Å². The number of amides is 1. The van der Waals surface area contributed by atoms with Gasteiger partial charge in [0, 0.05) is 5.54 Å². The molecule has 2 N–H and O–H groups in total. The van der Waals surface area contributed by atoms with Crippen molar-refractivity contribution in [1.29, 1.82) is 5.26 Å². The summed E-state index contributed by atoms with van der Waals surface area (Å²) >= 11 is 0. The van der Waals surface area contributed by atoms with Crippen LogP contribution in [0.4, 0.5) is 14.9 Å². The summed E-state index contributed by atoms with van der Waals surface area (Å²) in [4.78, 5) is 11.4. The second kappa shape index (κ2) is 7.76. The summed E-state index contributed by atoms with van der Waals surface area (Å²) < 4.78 is 18.8. The fraction of sp³-hybridized carbons (Fsp3) is 0.500. The van der Waals surface area contributed by atoms with Crippen molar-refractivity contribution < 1.29 is 13.9 Å². The summed E-state index contributed by atoms with van der Waals surface area (Å²) in [5.74, 6) is -0.641. The number of nitrogens with one attached hydrogen (secondary N) is 2. The van der Waals surface area contributed by atoms with Crippen molar-refractivity contribution in [3.63, 3.8) is 0 Å². The zero-order chi connectivity index (χ0) is 16.8. The molecule has 1 rings (SSSR count). The van der Waals surface area contributed by atoms with Crippen LogP contribution in [0.3, 0.4) is 0 Å². The minimum atomic E-state index is -0.778. The van der Waals surface area contributed by atoms with Crippen molar-refractivity contribution in [2.45, 2.75) is 39.7 Å². The molecule has 0 aliphatic carbocycles. The van der Waals surface area contributed by atoms with Crippen LogP contribution in [0.1, 0.15) is 38.8 Å². The third kappa shape index (κ3) is 5.70. The number of nitriles is 1. The second-order valence-corrected chi connectivity index (χ2v) is 5.88. The largest absolute Gasteiger partial charge is 0.450 e. The Morgan fingerprint density at radius 1 is 1.41 bits per heavy atom. The lowest BCUT2D eigenvalue weighted by molar-refractivity contribution is 0.168. The first-order valence-electron chi connectivity index (χ1n) is 7.18. The topological polar surface area (TPSA) is 74.2 Å². The Hall–Kier alpha value is -2.13. The molecule has 0 fully saturated rings. The van der Waals surface area contributed by atoms with Gasteiger partial charge in [0.1, 0.15) is 11.9 Å². The zero-order valence-electron chi connectivity index (χ0n) is 13.4. The number of carbonyl (C=O) groups excluding carboxylic acids is 1. The van der Waals surface area contributed by atoms with E-state index >= 15 is 0 Å². The molecule has 1 aromatic rings. The van der Waals surface area contributed by atoms with Crippen LogP contribution < -0.4 is 10.6 Å². The summed E-state index contributed by atoms with van der Waals surface area (Å²) in [7, 11) is 0. The van der Waals surface area contributed by atoms with Crippen LogP contribution in [0, 0.1) is 17.1 Å². The Morgan fingerprint density at radius 3 is 2.64 bits per heavy atom. The number of rotatable bonds is 5. The predicted molar refractivity (Wildman–Crippen MR) is 83.2 cm³/mol. The molecular weight excluding hydrogens is 285 g/mol. The van der Waals surface area contributed by atoms with Gasteiger partial charge in [-0.2, -0.15) is 5.26 Å². The van der Waals surface area contributed by atoms with E-state index in [2.05, 4.69) is 10.6 Å². The molecule has 0 aliphatic heterocycles. The number of anilines is 1. The van der Waals surface area contributed by atoms with Crippen molar-refractivity contribution >= 4 is 11.8 Å². The highest BCUT2D eigenvalue weighted by Crippen LogP contribution is 2.22. The minimum absolute atomic E-state index is 0.0258. The molecule has 0 bridgehead atoms. The summed E-state index contributed by atoms with van der Waals surface area (Å²) in [6.45, 7) is 8.61. The molecule has 0 saturated carbocycles. The molecule has 0 spiro atoms. The fourth-order valence-electron chi connectivity index (χ4n) is 1.87. The van der Waals surface area contributed by atoms with Gasteiger partial charge < -0.3 is 10.1 Å². The quantitative estimate of drug-likeness (QED) is 0.876. The van der Waals surface area contributed by atoms with Gasteiger partial charge >= 0.3 is 6.09 Å². The van der Waals surface area contributed by atoms with Gasteiger partial charge in [0.25, 0.3) is 0 Å². The molecule has 120 valence electrons. The maximum atomic E-state index is 14.1. The Labute approximate surface area is 130 Å². The molecule has 0 radical (unpaired) electrons. The molecule has 0 aromatic heterocycles. The van der Waals surface area contributed by atoms with E-state index in [4.69, 9.17) is 10.00 Å². The number of benzene rings is 1. The van der Waals surface area contributed by atoms with Gasteiger partial charge in [0.2, 0.25) is 0 Å². The smallest absolute Gasteiger partial charge is 0.411 e. The molecule has 1 aromatic carbocycles. The fourth-order valence-corrected chi connectivity index (χ4v) is 1.87. The van der Waals surface area contributed by atoms with Gasteiger partial charge in [-0.25, -0.2) is 9.18 Å². The lowest BCUT2D eigenvalue weighted by Gasteiger charge is -2.20. The monoisotopic (exact) mass is 307 g/mol. The molecule has 0 saturated heterocycles. The number of halogens is 1. The third-order valence-corrected chi connectivity index (χ3v) is 2.84. The first kappa shape index (κ1) is 17.9. The lowest BCUT2D eigenvalue weighted by atomic mass is 10.0. The number of hydrogen-bond acceptors (Lipinski definition) is 4. The third-order valence-electron chi connectivity index (χ3n) is 2.84. The standard InChI is InChI=1S/C16H22FN3O2/c1-5-22-15(21)20-14-12(10-18)8-11(9-13(14)17)6-7-19-16(2,3)4/h8-9,19H,5-7H2,1-4H3,(H,20,21). The molecule has 0 aliphatic rings. The second-order valence-electron chi connectivity index (χ2n) is 5.88. The van der Waals surface area contributed by atoms with E-state index in [9.17, 15) is 9.18 Å². The van der Waals surface area contributed by atoms with Crippen molar-refractivity contribution in [1.82, 2.24) is 5.32 Å². The van der Waals surface area contributed by atoms with Gasteiger partial charge in [-0.05, 0) is 58.4 Å². The van der Waals surface area contributed by atoms with Crippen LogP contribution in [-0.4, -0.2) is 24.8 Å². The minimum Gasteiger partial charge on any atom is -0.450 e. The van der Waals surface area contributed by atoms with Gasteiger partial charge in [-0.3, -0.25) is 5.32 Å². The number of ether oxygens (including phenoxy) is 1. The Kier molecular flexibility index (Phi) is 6.32. The maximum absolute atomic E-state index is 14.1. The number of hydrogen-bond donors (Lipinski definition) is 2. The van der Waals surface area contributed by atoms with E-state index < -0.39 is 11.9 Å².